The van der Waals surface area contributed by atoms with Crippen molar-refractivity contribution in [2.24, 2.45) is 0 Å². The second-order valence-corrected chi connectivity index (χ2v) is 8.32. The van der Waals surface area contributed by atoms with Crippen LogP contribution in [0, 0.1) is 0 Å². The van der Waals surface area contributed by atoms with Crippen LogP contribution in [0.1, 0.15) is 12.5 Å². The van der Waals surface area contributed by atoms with Crippen molar-refractivity contribution in [2.75, 3.05) is 0 Å². The van der Waals surface area contributed by atoms with E-state index in [9.17, 15) is 0 Å². The Kier molecular flexibility index (Phi) is 4.79. The molecule has 4 aromatic carbocycles. The predicted octanol–water partition coefficient (Wildman–Crippen LogP) is 6.99. The molecule has 29 heavy (non-hydrogen) atoms. The van der Waals surface area contributed by atoms with Gasteiger partial charge in [-0.3, -0.25) is 0 Å². The van der Waals surface area contributed by atoms with Gasteiger partial charge >= 0.3 is 8.38 Å². The molecule has 0 spiro atoms. The van der Waals surface area contributed by atoms with Gasteiger partial charge in [0.05, 0.1) is 5.30 Å². The summed E-state index contributed by atoms with van der Waals surface area (Å²) >= 11 is 0. The van der Waals surface area contributed by atoms with Crippen molar-refractivity contribution >= 4 is 13.7 Å². The van der Waals surface area contributed by atoms with Gasteiger partial charge in [-0.05, 0) is 41.3 Å². The fourth-order valence-electron chi connectivity index (χ4n) is 3.79. The lowest BCUT2D eigenvalue weighted by Crippen LogP contribution is -2.17. The Morgan fingerprint density at radius 3 is 2.10 bits per heavy atom. The third kappa shape index (κ3) is 3.30. The van der Waals surface area contributed by atoms with Crippen LogP contribution in [0.3, 0.4) is 0 Å². The van der Waals surface area contributed by atoms with E-state index in [1.54, 1.807) is 0 Å². The highest BCUT2D eigenvalue weighted by molar-refractivity contribution is 7.57. The van der Waals surface area contributed by atoms with Crippen LogP contribution in [0.15, 0.2) is 97.1 Å². The van der Waals surface area contributed by atoms with E-state index < -0.39 is 8.38 Å². The zero-order valence-corrected chi connectivity index (χ0v) is 17.1. The van der Waals surface area contributed by atoms with Crippen LogP contribution in [-0.2, 0) is 6.42 Å². The molecule has 1 heterocycles. The van der Waals surface area contributed by atoms with Crippen molar-refractivity contribution in [3.05, 3.63) is 103 Å². The number of fused-ring (bicyclic) bond motifs is 3. The molecular weight excluding hydrogens is 375 g/mol. The molecular formula is C26H21O2P. The standard InChI is InChI=1S/C26H21O2P/c1-2-19-11-3-4-12-20(19)21-13-5-8-16-24(21)27-29-26-18-10-7-15-23(26)22-14-6-9-17-25(22)28-29/h3-18H,2H2,1H3. The quantitative estimate of drug-likeness (QED) is 0.346. The van der Waals surface area contributed by atoms with Crippen LogP contribution in [0.5, 0.6) is 11.5 Å². The van der Waals surface area contributed by atoms with Crippen LogP contribution in [-0.4, -0.2) is 0 Å². The molecule has 0 amide bonds. The first-order valence-electron chi connectivity index (χ1n) is 9.87. The van der Waals surface area contributed by atoms with Gasteiger partial charge < -0.3 is 9.05 Å². The molecule has 0 aliphatic carbocycles. The van der Waals surface area contributed by atoms with E-state index in [0.29, 0.717) is 0 Å². The Hall–Kier alpha value is -3.09. The number of rotatable bonds is 4. The van der Waals surface area contributed by atoms with Crippen LogP contribution >= 0.6 is 8.38 Å². The summed E-state index contributed by atoms with van der Waals surface area (Å²) < 4.78 is 12.9. The first kappa shape index (κ1) is 18.0. The average Bonchev–Trinajstić information content (AvgIpc) is 2.79. The number of hydrogen-bond acceptors (Lipinski definition) is 2. The Morgan fingerprint density at radius 2 is 1.28 bits per heavy atom. The van der Waals surface area contributed by atoms with Gasteiger partial charge in [0.25, 0.3) is 0 Å². The van der Waals surface area contributed by atoms with E-state index >= 15 is 0 Å². The molecule has 0 bridgehead atoms. The summed E-state index contributed by atoms with van der Waals surface area (Å²) in [6.45, 7) is 2.18. The maximum absolute atomic E-state index is 6.57. The third-order valence-corrected chi connectivity index (χ3v) is 6.72. The smallest absolute Gasteiger partial charge is 0.326 e. The van der Waals surface area contributed by atoms with Crippen molar-refractivity contribution < 1.29 is 9.05 Å². The average molecular weight is 396 g/mol. The van der Waals surface area contributed by atoms with E-state index in [0.717, 1.165) is 34.4 Å². The van der Waals surface area contributed by atoms with Crippen molar-refractivity contribution in [1.82, 2.24) is 0 Å². The molecule has 0 aromatic heterocycles. The lowest BCUT2D eigenvalue weighted by molar-refractivity contribution is 0.501. The van der Waals surface area contributed by atoms with Crippen molar-refractivity contribution in [3.63, 3.8) is 0 Å². The van der Waals surface area contributed by atoms with E-state index in [1.807, 2.05) is 36.4 Å². The summed E-state index contributed by atoms with van der Waals surface area (Å²) in [7, 11) is -1.27. The van der Waals surface area contributed by atoms with Gasteiger partial charge in [0, 0.05) is 11.1 Å². The number of aryl methyl sites for hydroxylation is 1. The lowest BCUT2D eigenvalue weighted by Gasteiger charge is -2.28. The fraction of sp³-hybridized carbons (Fsp3) is 0.0769. The van der Waals surface area contributed by atoms with E-state index in [4.69, 9.17) is 9.05 Å². The largest absolute Gasteiger partial charge is 0.435 e. The van der Waals surface area contributed by atoms with Gasteiger partial charge in [0.1, 0.15) is 11.5 Å². The highest BCUT2D eigenvalue weighted by atomic mass is 31.2. The molecule has 0 radical (unpaired) electrons. The summed E-state index contributed by atoms with van der Waals surface area (Å²) in [6.07, 6.45) is 0.978. The minimum absolute atomic E-state index is 0.855. The normalized spacial score (nSPS) is 14.4. The second kappa shape index (κ2) is 7.73. The maximum Gasteiger partial charge on any atom is 0.326 e. The fourth-order valence-corrected chi connectivity index (χ4v) is 5.29. The molecule has 0 saturated carbocycles. The molecule has 1 aliphatic rings. The highest BCUT2D eigenvalue weighted by Gasteiger charge is 2.29. The Labute approximate surface area is 172 Å². The third-order valence-electron chi connectivity index (χ3n) is 5.22. The topological polar surface area (TPSA) is 18.5 Å². The lowest BCUT2D eigenvalue weighted by atomic mass is 9.97. The summed E-state index contributed by atoms with van der Waals surface area (Å²) in [5, 5.41) is 1.11. The van der Waals surface area contributed by atoms with Gasteiger partial charge in [-0.2, -0.15) is 0 Å². The maximum atomic E-state index is 6.57. The second-order valence-electron chi connectivity index (χ2n) is 6.96. The summed E-state index contributed by atoms with van der Waals surface area (Å²) in [6, 6.07) is 33.3. The zero-order valence-electron chi connectivity index (χ0n) is 16.2. The molecule has 1 atom stereocenters. The Morgan fingerprint density at radius 1 is 0.655 bits per heavy atom. The monoisotopic (exact) mass is 396 g/mol. The number of benzene rings is 4. The van der Waals surface area contributed by atoms with E-state index in [-0.39, 0.29) is 0 Å². The van der Waals surface area contributed by atoms with Gasteiger partial charge in [-0.1, -0.05) is 85.8 Å². The molecule has 0 N–H and O–H groups in total. The summed E-state index contributed by atoms with van der Waals surface area (Å²) in [5.74, 6) is 1.73. The predicted molar refractivity (Wildman–Crippen MR) is 121 cm³/mol. The molecule has 4 aromatic rings. The van der Waals surface area contributed by atoms with E-state index in [1.165, 1.54) is 16.7 Å². The molecule has 142 valence electrons. The highest BCUT2D eigenvalue weighted by Crippen LogP contribution is 2.50. The van der Waals surface area contributed by atoms with Crippen molar-refractivity contribution in [1.29, 1.82) is 0 Å². The summed E-state index contributed by atoms with van der Waals surface area (Å²) in [5.41, 5.74) is 5.94. The van der Waals surface area contributed by atoms with Crippen molar-refractivity contribution in [2.45, 2.75) is 13.3 Å². The van der Waals surface area contributed by atoms with Crippen LogP contribution in [0.4, 0.5) is 0 Å². The first-order valence-corrected chi connectivity index (χ1v) is 11.0. The van der Waals surface area contributed by atoms with Gasteiger partial charge in [0.2, 0.25) is 0 Å². The Bertz CT molecular complexity index is 1170. The minimum Gasteiger partial charge on any atom is -0.435 e. The molecule has 1 aliphatic heterocycles. The van der Waals surface area contributed by atoms with Crippen LogP contribution in [0.25, 0.3) is 22.3 Å². The molecule has 1 unspecified atom stereocenters. The first-order chi connectivity index (χ1) is 14.3. The number of hydrogen-bond donors (Lipinski definition) is 0. The Balaban J connectivity index is 1.57. The number of para-hydroxylation sites is 2. The van der Waals surface area contributed by atoms with Crippen molar-refractivity contribution in [3.8, 4) is 33.8 Å². The molecule has 2 nitrogen and oxygen atoms in total. The molecule has 0 saturated heterocycles. The SMILES string of the molecule is CCc1ccccc1-c1ccccc1OP1Oc2ccccc2-c2ccccc21. The van der Waals surface area contributed by atoms with Crippen LogP contribution in [0.2, 0.25) is 0 Å². The van der Waals surface area contributed by atoms with Gasteiger partial charge in [-0.25, -0.2) is 0 Å². The minimum atomic E-state index is -1.27. The summed E-state index contributed by atoms with van der Waals surface area (Å²) in [4.78, 5) is 0. The molecule has 3 heteroatoms. The zero-order chi connectivity index (χ0) is 19.6. The molecule has 5 rings (SSSR count). The van der Waals surface area contributed by atoms with Crippen LogP contribution < -0.4 is 14.4 Å². The molecule has 0 fully saturated rings. The van der Waals surface area contributed by atoms with Gasteiger partial charge in [0.15, 0.2) is 0 Å². The van der Waals surface area contributed by atoms with E-state index in [2.05, 4.69) is 67.6 Å². The van der Waals surface area contributed by atoms with Gasteiger partial charge in [-0.15, -0.1) is 0 Å².